The van der Waals surface area contributed by atoms with Crippen molar-refractivity contribution < 1.29 is 17.6 Å². The van der Waals surface area contributed by atoms with Crippen LogP contribution in [0.25, 0.3) is 0 Å². The summed E-state index contributed by atoms with van der Waals surface area (Å²) < 4.78 is 41.0. The molecule has 1 amide bonds. The van der Waals surface area contributed by atoms with Crippen LogP contribution in [0.15, 0.2) is 65.6 Å². The van der Waals surface area contributed by atoms with E-state index in [1.807, 2.05) is 12.1 Å². The molecule has 146 valence electrons. The molecular weight excluding hydrogens is 399 g/mol. The van der Waals surface area contributed by atoms with E-state index in [9.17, 15) is 17.6 Å². The van der Waals surface area contributed by atoms with Crippen molar-refractivity contribution in [2.24, 2.45) is 0 Å². The first-order valence-corrected chi connectivity index (χ1v) is 10.9. The number of hydrogen-bond donors (Lipinski definition) is 2. The van der Waals surface area contributed by atoms with Gasteiger partial charge in [0.05, 0.1) is 17.1 Å². The van der Waals surface area contributed by atoms with E-state index in [2.05, 4.69) is 17.0 Å². The van der Waals surface area contributed by atoms with Gasteiger partial charge < -0.3 is 5.32 Å². The fraction of sp³-hybridized carbons (Fsp3) is 0.150. The molecule has 28 heavy (non-hydrogen) atoms. The van der Waals surface area contributed by atoms with E-state index in [1.54, 1.807) is 11.3 Å². The number of amides is 1. The summed E-state index contributed by atoms with van der Waals surface area (Å²) in [5, 5.41) is 2.79. The third kappa shape index (κ3) is 4.76. The Morgan fingerprint density at radius 3 is 2.50 bits per heavy atom. The summed E-state index contributed by atoms with van der Waals surface area (Å²) in [6.07, 6.45) is 0.938. The predicted octanol–water partition coefficient (Wildman–Crippen LogP) is 4.18. The standard InChI is InChI=1S/C20H19FN2O3S2/c1-2-15-10-11-16(27-15)13-22-20(24)14-6-5-7-17(12-14)28(25,26)23-19-9-4-3-8-18(19)21/h3-12,23H,2,13H2,1H3,(H,22,24). The number of rotatable bonds is 7. The van der Waals surface area contributed by atoms with Gasteiger partial charge in [-0.05, 0) is 48.9 Å². The van der Waals surface area contributed by atoms with Gasteiger partial charge in [-0.3, -0.25) is 9.52 Å². The average Bonchev–Trinajstić information content (AvgIpc) is 3.16. The SMILES string of the molecule is CCc1ccc(CNC(=O)c2cccc(S(=O)(=O)Nc3ccccc3F)c2)s1. The first kappa shape index (κ1) is 20.0. The molecular formula is C20H19FN2O3S2. The Morgan fingerprint density at radius 1 is 1.04 bits per heavy atom. The van der Waals surface area contributed by atoms with Crippen LogP contribution in [0.3, 0.4) is 0 Å². The monoisotopic (exact) mass is 418 g/mol. The second kappa shape index (κ2) is 8.53. The summed E-state index contributed by atoms with van der Waals surface area (Å²) in [4.78, 5) is 14.5. The molecule has 2 aromatic carbocycles. The summed E-state index contributed by atoms with van der Waals surface area (Å²) >= 11 is 1.62. The van der Waals surface area contributed by atoms with E-state index in [0.29, 0.717) is 6.54 Å². The quantitative estimate of drug-likeness (QED) is 0.604. The normalized spacial score (nSPS) is 11.2. The number of nitrogens with one attached hydrogen (secondary N) is 2. The lowest BCUT2D eigenvalue weighted by Gasteiger charge is -2.10. The van der Waals surface area contributed by atoms with Crippen molar-refractivity contribution in [1.29, 1.82) is 0 Å². The van der Waals surface area contributed by atoms with Gasteiger partial charge in [0.15, 0.2) is 0 Å². The maximum absolute atomic E-state index is 13.7. The molecule has 3 rings (SSSR count). The van der Waals surface area contributed by atoms with Gasteiger partial charge in [-0.1, -0.05) is 25.1 Å². The van der Waals surface area contributed by atoms with Crippen molar-refractivity contribution in [3.05, 3.63) is 81.8 Å². The molecule has 5 nitrogen and oxygen atoms in total. The first-order valence-electron chi connectivity index (χ1n) is 8.62. The van der Waals surface area contributed by atoms with Crippen LogP contribution in [0.4, 0.5) is 10.1 Å². The molecule has 8 heteroatoms. The third-order valence-electron chi connectivity index (χ3n) is 4.01. The minimum absolute atomic E-state index is 0.118. The molecule has 0 spiro atoms. The Hall–Kier alpha value is -2.71. The number of benzene rings is 2. The van der Waals surface area contributed by atoms with Crippen LogP contribution in [0.2, 0.25) is 0 Å². The van der Waals surface area contributed by atoms with Crippen LogP contribution >= 0.6 is 11.3 Å². The zero-order valence-electron chi connectivity index (χ0n) is 15.1. The minimum Gasteiger partial charge on any atom is -0.347 e. The van der Waals surface area contributed by atoms with Gasteiger partial charge >= 0.3 is 0 Å². The van der Waals surface area contributed by atoms with E-state index in [-0.39, 0.29) is 22.1 Å². The summed E-state index contributed by atoms with van der Waals surface area (Å²) in [6, 6.07) is 15.1. The molecule has 0 saturated carbocycles. The Kier molecular flexibility index (Phi) is 6.11. The van der Waals surface area contributed by atoms with Gasteiger partial charge in [0.2, 0.25) is 0 Å². The van der Waals surface area contributed by atoms with E-state index in [4.69, 9.17) is 0 Å². The number of hydrogen-bond acceptors (Lipinski definition) is 4. The van der Waals surface area contributed by atoms with Gasteiger partial charge in [-0.15, -0.1) is 11.3 Å². The number of thiophene rings is 1. The molecule has 0 radical (unpaired) electrons. The molecule has 0 fully saturated rings. The van der Waals surface area contributed by atoms with Crippen molar-refractivity contribution in [2.45, 2.75) is 24.8 Å². The lowest BCUT2D eigenvalue weighted by molar-refractivity contribution is 0.0951. The number of sulfonamides is 1. The number of halogens is 1. The number of anilines is 1. The summed E-state index contributed by atoms with van der Waals surface area (Å²) in [5.41, 5.74) is 0.0606. The highest BCUT2D eigenvalue weighted by atomic mass is 32.2. The van der Waals surface area contributed by atoms with Crippen molar-refractivity contribution >= 4 is 33.0 Å². The molecule has 0 saturated heterocycles. The average molecular weight is 419 g/mol. The maximum atomic E-state index is 13.7. The molecule has 1 heterocycles. The Labute approximate surface area is 167 Å². The maximum Gasteiger partial charge on any atom is 0.262 e. The van der Waals surface area contributed by atoms with E-state index in [0.717, 1.165) is 17.4 Å². The van der Waals surface area contributed by atoms with E-state index in [1.165, 1.54) is 47.3 Å². The molecule has 3 aromatic rings. The fourth-order valence-corrected chi connectivity index (χ4v) is 4.54. The molecule has 0 aliphatic rings. The van der Waals surface area contributed by atoms with E-state index < -0.39 is 15.8 Å². The number of para-hydroxylation sites is 1. The lowest BCUT2D eigenvalue weighted by Crippen LogP contribution is -2.23. The topological polar surface area (TPSA) is 75.3 Å². The second-order valence-corrected chi connectivity index (χ2v) is 8.95. The Morgan fingerprint density at radius 2 is 1.79 bits per heavy atom. The Balaban J connectivity index is 1.73. The van der Waals surface area contributed by atoms with Crippen molar-refractivity contribution in [3.8, 4) is 0 Å². The molecule has 0 aliphatic heterocycles. The molecule has 0 aliphatic carbocycles. The minimum atomic E-state index is -4.03. The number of carbonyl (C=O) groups is 1. The van der Waals surface area contributed by atoms with E-state index >= 15 is 0 Å². The summed E-state index contributed by atoms with van der Waals surface area (Å²) in [5.74, 6) is -1.06. The summed E-state index contributed by atoms with van der Waals surface area (Å²) in [7, 11) is -4.03. The van der Waals surface area contributed by atoms with Crippen molar-refractivity contribution in [2.75, 3.05) is 4.72 Å². The highest BCUT2D eigenvalue weighted by Crippen LogP contribution is 2.20. The zero-order chi connectivity index (χ0) is 20.1. The zero-order valence-corrected chi connectivity index (χ0v) is 16.7. The number of carbonyl (C=O) groups excluding carboxylic acids is 1. The predicted molar refractivity (Wildman–Crippen MR) is 109 cm³/mol. The lowest BCUT2D eigenvalue weighted by atomic mass is 10.2. The van der Waals surface area contributed by atoms with Crippen LogP contribution in [0, 0.1) is 5.82 Å². The molecule has 0 bridgehead atoms. The second-order valence-electron chi connectivity index (χ2n) is 6.02. The highest BCUT2D eigenvalue weighted by Gasteiger charge is 2.18. The van der Waals surface area contributed by atoms with Crippen LogP contribution in [-0.4, -0.2) is 14.3 Å². The van der Waals surface area contributed by atoms with Crippen LogP contribution in [0.5, 0.6) is 0 Å². The highest BCUT2D eigenvalue weighted by molar-refractivity contribution is 7.92. The summed E-state index contributed by atoms with van der Waals surface area (Å²) in [6.45, 7) is 2.43. The molecule has 0 unspecified atom stereocenters. The van der Waals surface area contributed by atoms with Crippen LogP contribution in [-0.2, 0) is 23.0 Å². The largest absolute Gasteiger partial charge is 0.347 e. The number of aryl methyl sites for hydroxylation is 1. The fourth-order valence-electron chi connectivity index (χ4n) is 2.53. The van der Waals surface area contributed by atoms with Gasteiger partial charge in [0.25, 0.3) is 15.9 Å². The first-order chi connectivity index (χ1) is 13.4. The van der Waals surface area contributed by atoms with Crippen LogP contribution in [0.1, 0.15) is 27.0 Å². The molecule has 2 N–H and O–H groups in total. The third-order valence-corrected chi connectivity index (χ3v) is 6.61. The van der Waals surface area contributed by atoms with Gasteiger partial charge in [-0.25, -0.2) is 12.8 Å². The van der Waals surface area contributed by atoms with Crippen molar-refractivity contribution in [3.63, 3.8) is 0 Å². The smallest absolute Gasteiger partial charge is 0.262 e. The molecule has 1 aromatic heterocycles. The van der Waals surface area contributed by atoms with Gasteiger partial charge in [0.1, 0.15) is 5.82 Å². The molecule has 0 atom stereocenters. The van der Waals surface area contributed by atoms with Gasteiger partial charge in [-0.2, -0.15) is 0 Å². The van der Waals surface area contributed by atoms with Crippen LogP contribution < -0.4 is 10.0 Å². The van der Waals surface area contributed by atoms with Gasteiger partial charge in [0, 0.05) is 15.3 Å². The van der Waals surface area contributed by atoms with Crippen molar-refractivity contribution in [1.82, 2.24) is 5.32 Å². The Bertz CT molecular complexity index is 1090.